The molecule has 0 fully saturated rings. The second-order valence-electron chi connectivity index (χ2n) is 0.0680. The molecule has 0 heterocycles. The van der Waals surface area contributed by atoms with Crippen LogP contribution in [0.2, 0.25) is 0 Å². The van der Waals surface area contributed by atoms with E-state index < -0.39 is 0 Å². The Morgan fingerprint density at radius 2 is 1.40 bits per heavy atom. The van der Waals surface area contributed by atoms with Gasteiger partial charge in [-0.25, -0.2) is 0 Å². The molecule has 0 saturated carbocycles. The Morgan fingerprint density at radius 3 is 1.40 bits per heavy atom. The summed E-state index contributed by atoms with van der Waals surface area (Å²) in [5, 5.41) is 0. The van der Waals surface area contributed by atoms with Crippen LogP contribution in [0.4, 0.5) is 0 Å². The van der Waals surface area contributed by atoms with Crippen molar-refractivity contribution in [3.05, 3.63) is 0 Å². The molecule has 0 aliphatic heterocycles. The first kappa shape index (κ1) is 10.6. The summed E-state index contributed by atoms with van der Waals surface area (Å²) in [6.07, 6.45) is 0. The van der Waals surface area contributed by atoms with Crippen molar-refractivity contribution in [2.24, 2.45) is 0 Å². The zero-order valence-corrected chi connectivity index (χ0v) is 11.2. The zero-order valence-electron chi connectivity index (χ0n) is 2.04. The third kappa shape index (κ3) is 20.5. The molecule has 0 aromatic heterocycles. The minimum absolute atomic E-state index is 0.000000000000000111. The molecule has 0 spiro atoms. The van der Waals surface area contributed by atoms with Gasteiger partial charge in [0.2, 0.25) is 0 Å². The van der Waals surface area contributed by atoms with Crippen LogP contribution in [-0.4, -0.2) is 25.6 Å². The zero-order chi connectivity index (χ0) is 4.71. The summed E-state index contributed by atoms with van der Waals surface area (Å²) in [4.78, 5) is 0. The molecule has 0 aromatic rings. The quantitative estimate of drug-likeness (QED) is 0.446. The molecular weight excluding hydrogens is 470 g/mol. The van der Waals surface area contributed by atoms with Gasteiger partial charge in [-0.05, 0) is 0 Å². The summed E-state index contributed by atoms with van der Waals surface area (Å²) >= 11 is 7.37. The van der Waals surface area contributed by atoms with Gasteiger partial charge in [0.25, 0.3) is 0 Å². The first-order chi connectivity index (χ1) is 2.41. The van der Waals surface area contributed by atoms with Crippen LogP contribution in [0.1, 0.15) is 0 Å². The van der Waals surface area contributed by atoms with Gasteiger partial charge in [-0.1, -0.05) is 0 Å². The van der Waals surface area contributed by atoms with Crippen LogP contribution < -0.4 is 0 Å². The summed E-state index contributed by atoms with van der Waals surface area (Å²) < 4.78 is 0. The SMILES string of the molecule is [S]=[Mo].[Se]=[W]=[Se]. The van der Waals surface area contributed by atoms with E-state index in [1.54, 1.807) is 0 Å². The molecule has 0 saturated heterocycles. The van der Waals surface area contributed by atoms with Crippen LogP contribution in [0.5, 0.6) is 0 Å². The second kappa shape index (κ2) is 15.9. The van der Waals surface area contributed by atoms with Gasteiger partial charge in [-0.3, -0.25) is 0 Å². The van der Waals surface area contributed by atoms with Crippen LogP contribution in [-0.2, 0) is 31.3 Å². The van der Waals surface area contributed by atoms with Crippen LogP contribution >= 0.6 is 9.82 Å². The molecule has 0 N–H and O–H groups in total. The Labute approximate surface area is 65.5 Å². The van der Waals surface area contributed by atoms with E-state index in [-0.39, 0.29) is 13.3 Å². The minimum atomic E-state index is -0.000000000000000111. The van der Waals surface area contributed by atoms with Crippen molar-refractivity contribution in [3.63, 3.8) is 0 Å². The maximum atomic E-state index is 4.09. The fraction of sp³-hybridized carbons (Fsp3) is 0. The fourth-order valence-corrected chi connectivity index (χ4v) is 0. The van der Waals surface area contributed by atoms with Crippen LogP contribution in [0, 0.1) is 0 Å². The molecule has 5 heavy (non-hydrogen) atoms. The third-order valence-electron chi connectivity index (χ3n) is 0. The standard InChI is InChI=1S/Mo.S.2Se.W. The van der Waals surface area contributed by atoms with Gasteiger partial charge in [0.05, 0.1) is 0 Å². The molecule has 0 amide bonds. The Kier molecular flexibility index (Phi) is 33.8. The van der Waals surface area contributed by atoms with Crippen LogP contribution in [0.25, 0.3) is 0 Å². The summed E-state index contributed by atoms with van der Waals surface area (Å²) in [6.45, 7) is 0. The Morgan fingerprint density at radius 1 is 1.40 bits per heavy atom. The summed E-state index contributed by atoms with van der Waals surface area (Å²) in [5.41, 5.74) is 0. The van der Waals surface area contributed by atoms with Gasteiger partial charge in [0.15, 0.2) is 0 Å². The molecular formula is MoSSe2W. The second-order valence-corrected chi connectivity index (χ2v) is 15.0. The first-order valence-electron chi connectivity index (χ1n) is 0.500. The van der Waals surface area contributed by atoms with E-state index in [9.17, 15) is 0 Å². The molecule has 0 atom stereocenters. The number of hydrogen-bond acceptors (Lipinski definition) is 1. The van der Waals surface area contributed by atoms with E-state index in [1.807, 2.05) is 0 Å². The monoisotopic (exact) mass is 474 g/mol. The summed E-state index contributed by atoms with van der Waals surface area (Å²) in [7, 11) is 4.09. The molecule has 0 bridgehead atoms. The molecule has 0 aliphatic rings. The molecule has 0 radical (unpaired) electrons. The van der Waals surface area contributed by atoms with Crippen LogP contribution in [0.15, 0.2) is 0 Å². The maximum absolute atomic E-state index is 4.09. The molecule has 0 rings (SSSR count). The van der Waals surface area contributed by atoms with Gasteiger partial charge in [-0.2, -0.15) is 0 Å². The molecule has 0 unspecified atom stereocenters. The van der Waals surface area contributed by atoms with Gasteiger partial charge < -0.3 is 0 Å². The van der Waals surface area contributed by atoms with E-state index in [1.165, 1.54) is 18.0 Å². The average molecular weight is 470 g/mol. The van der Waals surface area contributed by atoms with Crippen molar-refractivity contribution in [2.45, 2.75) is 0 Å². The van der Waals surface area contributed by atoms with E-state index in [4.69, 9.17) is 0 Å². The summed E-state index contributed by atoms with van der Waals surface area (Å²) in [6, 6.07) is 0. The van der Waals surface area contributed by atoms with Crippen molar-refractivity contribution >= 4 is 35.5 Å². The van der Waals surface area contributed by atoms with Gasteiger partial charge >= 0.3 is 66.7 Å². The predicted octanol–water partition coefficient (Wildman–Crippen LogP) is -0.118. The van der Waals surface area contributed by atoms with Gasteiger partial charge in [0, 0.05) is 0 Å². The van der Waals surface area contributed by atoms with Crippen molar-refractivity contribution < 1.29 is 31.3 Å². The Hall–Kier alpha value is 2.64. The molecule has 0 aliphatic carbocycles. The predicted molar refractivity (Wildman–Crippen MR) is 19.1 cm³/mol. The summed E-state index contributed by atoms with van der Waals surface area (Å²) in [5.74, 6) is 0. The normalized spacial score (nSPS) is 3.20. The van der Waals surface area contributed by atoms with Crippen molar-refractivity contribution in [1.82, 2.24) is 0 Å². The van der Waals surface area contributed by atoms with E-state index in [0.29, 0.717) is 0 Å². The topological polar surface area (TPSA) is 0 Å². The first-order valence-corrected chi connectivity index (χ1v) is 17.1. The van der Waals surface area contributed by atoms with Crippen molar-refractivity contribution in [1.29, 1.82) is 0 Å². The van der Waals surface area contributed by atoms with E-state index in [2.05, 4.69) is 35.5 Å². The van der Waals surface area contributed by atoms with E-state index >= 15 is 0 Å². The molecule has 0 aromatic carbocycles. The molecule has 0 nitrogen and oxygen atoms in total. The van der Waals surface area contributed by atoms with E-state index in [0.717, 1.165) is 0 Å². The average Bonchev–Trinajstić information content (AvgIpc) is 1.46. The number of hydrogen-bond donors (Lipinski definition) is 0. The van der Waals surface area contributed by atoms with Crippen molar-refractivity contribution in [2.75, 3.05) is 0 Å². The Bertz CT molecular complexity index is 38.9. The fourth-order valence-electron chi connectivity index (χ4n) is 0. The molecule has 30 valence electrons. The van der Waals surface area contributed by atoms with Gasteiger partial charge in [0.1, 0.15) is 0 Å². The molecule has 5 heteroatoms. The van der Waals surface area contributed by atoms with Crippen LogP contribution in [0.3, 0.4) is 0 Å². The van der Waals surface area contributed by atoms with Gasteiger partial charge in [-0.15, -0.1) is 0 Å². The third-order valence-corrected chi connectivity index (χ3v) is 0. The Balaban J connectivity index is 0. The number of rotatable bonds is 0. The van der Waals surface area contributed by atoms with Crippen molar-refractivity contribution in [3.8, 4) is 0 Å².